The number of rotatable bonds is 5. The Labute approximate surface area is 151 Å². The molecule has 2 amide bonds. The number of anilines is 1. The van der Waals surface area contributed by atoms with E-state index >= 15 is 0 Å². The van der Waals surface area contributed by atoms with E-state index in [0.717, 1.165) is 30.8 Å². The van der Waals surface area contributed by atoms with Gasteiger partial charge < -0.3 is 15.5 Å². The van der Waals surface area contributed by atoms with Gasteiger partial charge in [0, 0.05) is 36.6 Å². The summed E-state index contributed by atoms with van der Waals surface area (Å²) in [5, 5.41) is 9.19. The summed E-state index contributed by atoms with van der Waals surface area (Å²) in [6, 6.07) is 0.326. The molecule has 0 unspecified atom stereocenters. The van der Waals surface area contributed by atoms with E-state index in [4.69, 9.17) is 0 Å². The normalized spacial score (nSPS) is 22.8. The Hall–Kier alpha value is -1.89. The molecule has 0 bridgehead atoms. The van der Waals surface area contributed by atoms with Crippen LogP contribution in [-0.2, 0) is 9.59 Å². The van der Waals surface area contributed by atoms with Gasteiger partial charge in [0.15, 0.2) is 5.13 Å². The monoisotopic (exact) mass is 360 g/mol. The Balaban J connectivity index is 1.44. The maximum atomic E-state index is 12.9. The van der Waals surface area contributed by atoms with Crippen LogP contribution in [0.5, 0.6) is 0 Å². The van der Waals surface area contributed by atoms with Crippen molar-refractivity contribution in [3.05, 3.63) is 23.7 Å². The van der Waals surface area contributed by atoms with Crippen molar-refractivity contribution in [3.63, 3.8) is 0 Å². The third-order valence-corrected chi connectivity index (χ3v) is 6.10. The van der Waals surface area contributed by atoms with E-state index in [2.05, 4.69) is 27.8 Å². The van der Waals surface area contributed by atoms with E-state index in [-0.39, 0.29) is 17.7 Å². The molecule has 0 radical (unpaired) electrons. The molecule has 6 nitrogen and oxygen atoms in total. The molecule has 1 aromatic heterocycles. The number of allylic oxidation sites excluding steroid dienone is 2. The average Bonchev–Trinajstić information content (AvgIpc) is 3.08. The summed E-state index contributed by atoms with van der Waals surface area (Å²) >= 11 is 1.50. The van der Waals surface area contributed by atoms with Crippen molar-refractivity contribution in [3.8, 4) is 0 Å². The summed E-state index contributed by atoms with van der Waals surface area (Å²) in [7, 11) is 0. The average molecular weight is 360 g/mol. The fraction of sp³-hybridized carbons (Fsp3) is 0.611. The lowest BCUT2D eigenvalue weighted by atomic mass is 9.85. The van der Waals surface area contributed by atoms with Gasteiger partial charge in [0.25, 0.3) is 0 Å². The smallest absolute Gasteiger partial charge is 0.246 e. The summed E-state index contributed by atoms with van der Waals surface area (Å²) < 4.78 is 0. The standard InChI is InChI=1S/C18H24N4O2S/c23-15(13-3-1-2-4-13)22-10-7-18(8-11-22,16(24)20-14-5-6-14)21-17-19-9-12-25-17/h1-2,9,12-14H,3-8,10-11H2,(H,19,21)(H,20,24). The highest BCUT2D eigenvalue weighted by atomic mass is 32.1. The van der Waals surface area contributed by atoms with Gasteiger partial charge in [-0.2, -0.15) is 0 Å². The summed E-state index contributed by atoms with van der Waals surface area (Å²) in [5.41, 5.74) is -0.662. The van der Waals surface area contributed by atoms with Gasteiger partial charge >= 0.3 is 0 Å². The number of piperidine rings is 1. The molecule has 1 aromatic rings. The number of amides is 2. The Morgan fingerprint density at radius 3 is 2.52 bits per heavy atom. The Morgan fingerprint density at radius 2 is 1.92 bits per heavy atom. The first-order chi connectivity index (χ1) is 12.2. The summed E-state index contributed by atoms with van der Waals surface area (Å²) in [6.45, 7) is 1.23. The lowest BCUT2D eigenvalue weighted by Crippen LogP contribution is -2.59. The molecule has 134 valence electrons. The van der Waals surface area contributed by atoms with Crippen LogP contribution in [0.3, 0.4) is 0 Å². The van der Waals surface area contributed by atoms with Crippen LogP contribution in [0, 0.1) is 5.92 Å². The number of carbonyl (C=O) groups excluding carboxylic acids is 2. The lowest BCUT2D eigenvalue weighted by molar-refractivity contribution is -0.139. The van der Waals surface area contributed by atoms with Crippen molar-refractivity contribution in [2.45, 2.75) is 50.1 Å². The maximum absolute atomic E-state index is 12.9. The van der Waals surface area contributed by atoms with Crippen LogP contribution in [0.15, 0.2) is 23.7 Å². The molecule has 0 spiro atoms. The Morgan fingerprint density at radius 1 is 1.20 bits per heavy atom. The SMILES string of the molecule is O=C(C1CC=CC1)N1CCC(Nc2nccs2)(C(=O)NC2CC2)CC1. The molecule has 1 aliphatic heterocycles. The molecule has 1 saturated carbocycles. The number of likely N-dealkylation sites (tertiary alicyclic amines) is 1. The molecule has 0 atom stereocenters. The molecule has 25 heavy (non-hydrogen) atoms. The molecular formula is C18H24N4O2S. The highest BCUT2D eigenvalue weighted by Crippen LogP contribution is 2.32. The predicted octanol–water partition coefficient (Wildman–Crippen LogP) is 2.16. The number of hydrogen-bond acceptors (Lipinski definition) is 5. The quantitative estimate of drug-likeness (QED) is 0.789. The first-order valence-electron chi connectivity index (χ1n) is 9.09. The summed E-state index contributed by atoms with van der Waals surface area (Å²) in [5.74, 6) is 0.384. The van der Waals surface area contributed by atoms with E-state index < -0.39 is 5.54 Å². The van der Waals surface area contributed by atoms with Gasteiger partial charge in [0.2, 0.25) is 11.8 Å². The Kier molecular flexibility index (Phi) is 4.50. The van der Waals surface area contributed by atoms with E-state index in [9.17, 15) is 9.59 Å². The van der Waals surface area contributed by atoms with Gasteiger partial charge in [-0.05, 0) is 38.5 Å². The van der Waals surface area contributed by atoms with Crippen LogP contribution >= 0.6 is 11.3 Å². The molecule has 4 rings (SSSR count). The second kappa shape index (κ2) is 6.78. The second-order valence-corrected chi connectivity index (χ2v) is 8.15. The summed E-state index contributed by atoms with van der Waals surface area (Å²) in [6.07, 6.45) is 11.0. The molecule has 3 aliphatic rings. The highest BCUT2D eigenvalue weighted by Gasteiger charge is 2.45. The molecule has 1 saturated heterocycles. The maximum Gasteiger partial charge on any atom is 0.246 e. The van der Waals surface area contributed by atoms with Crippen molar-refractivity contribution in [1.82, 2.24) is 15.2 Å². The summed E-state index contributed by atoms with van der Waals surface area (Å²) in [4.78, 5) is 31.8. The fourth-order valence-electron chi connectivity index (χ4n) is 3.64. The van der Waals surface area contributed by atoms with Crippen LogP contribution in [-0.4, -0.2) is 46.4 Å². The largest absolute Gasteiger partial charge is 0.351 e. The molecular weight excluding hydrogens is 336 g/mol. The zero-order valence-corrected chi connectivity index (χ0v) is 15.1. The predicted molar refractivity (Wildman–Crippen MR) is 97.3 cm³/mol. The number of carbonyl (C=O) groups is 2. The molecule has 7 heteroatoms. The number of nitrogens with one attached hydrogen (secondary N) is 2. The van der Waals surface area contributed by atoms with Crippen LogP contribution in [0.4, 0.5) is 5.13 Å². The minimum Gasteiger partial charge on any atom is -0.351 e. The highest BCUT2D eigenvalue weighted by molar-refractivity contribution is 7.13. The Bertz CT molecular complexity index is 653. The third-order valence-electron chi connectivity index (χ3n) is 5.41. The number of aromatic nitrogens is 1. The first kappa shape index (κ1) is 16.6. The van der Waals surface area contributed by atoms with Crippen molar-refractivity contribution in [2.75, 3.05) is 18.4 Å². The minimum absolute atomic E-state index is 0.0554. The number of hydrogen-bond donors (Lipinski definition) is 2. The van der Waals surface area contributed by atoms with E-state index in [1.54, 1.807) is 6.20 Å². The molecule has 2 aliphatic carbocycles. The zero-order valence-electron chi connectivity index (χ0n) is 14.2. The van der Waals surface area contributed by atoms with Gasteiger partial charge in [0.05, 0.1) is 0 Å². The van der Waals surface area contributed by atoms with Crippen molar-refractivity contribution >= 4 is 28.3 Å². The number of thiazole rings is 1. The second-order valence-electron chi connectivity index (χ2n) is 7.26. The van der Waals surface area contributed by atoms with Crippen molar-refractivity contribution in [1.29, 1.82) is 0 Å². The topological polar surface area (TPSA) is 74.3 Å². The van der Waals surface area contributed by atoms with Gasteiger partial charge in [-0.25, -0.2) is 4.98 Å². The van der Waals surface area contributed by atoms with Crippen LogP contribution in [0.1, 0.15) is 38.5 Å². The third kappa shape index (κ3) is 3.56. The van der Waals surface area contributed by atoms with Gasteiger partial charge in [-0.3, -0.25) is 9.59 Å². The fourth-order valence-corrected chi connectivity index (χ4v) is 4.26. The van der Waals surface area contributed by atoms with E-state index in [1.807, 2.05) is 10.3 Å². The zero-order chi connectivity index (χ0) is 17.3. The van der Waals surface area contributed by atoms with E-state index in [0.29, 0.717) is 32.0 Å². The number of nitrogens with zero attached hydrogens (tertiary/aromatic N) is 2. The molecule has 0 aromatic carbocycles. The first-order valence-corrected chi connectivity index (χ1v) is 9.97. The lowest BCUT2D eigenvalue weighted by Gasteiger charge is -2.41. The van der Waals surface area contributed by atoms with Crippen LogP contribution in [0.25, 0.3) is 0 Å². The minimum atomic E-state index is -0.662. The van der Waals surface area contributed by atoms with Crippen LogP contribution in [0.2, 0.25) is 0 Å². The van der Waals surface area contributed by atoms with Crippen LogP contribution < -0.4 is 10.6 Å². The van der Waals surface area contributed by atoms with Gasteiger partial charge in [-0.1, -0.05) is 12.2 Å². The van der Waals surface area contributed by atoms with Crippen molar-refractivity contribution < 1.29 is 9.59 Å². The molecule has 2 N–H and O–H groups in total. The molecule has 2 fully saturated rings. The molecule has 2 heterocycles. The van der Waals surface area contributed by atoms with Gasteiger partial charge in [-0.15, -0.1) is 11.3 Å². The van der Waals surface area contributed by atoms with E-state index in [1.165, 1.54) is 11.3 Å². The van der Waals surface area contributed by atoms with Crippen molar-refractivity contribution in [2.24, 2.45) is 5.92 Å². The van der Waals surface area contributed by atoms with Gasteiger partial charge in [0.1, 0.15) is 5.54 Å².